The largest absolute Gasteiger partial charge is 0.354 e. The third-order valence-electron chi connectivity index (χ3n) is 3.67. The van der Waals surface area contributed by atoms with Crippen molar-refractivity contribution in [2.45, 2.75) is 58.2 Å². The van der Waals surface area contributed by atoms with Crippen molar-refractivity contribution < 1.29 is 4.79 Å². The van der Waals surface area contributed by atoms with E-state index in [-0.39, 0.29) is 5.91 Å². The minimum Gasteiger partial charge on any atom is -0.354 e. The molecule has 1 aliphatic rings. The highest BCUT2D eigenvalue weighted by molar-refractivity contribution is 5.73. The lowest BCUT2D eigenvalue weighted by atomic mass is 9.91. The van der Waals surface area contributed by atoms with E-state index in [0.717, 1.165) is 38.8 Å². The summed E-state index contributed by atoms with van der Waals surface area (Å²) in [5.74, 6) is 0.0884. The molecule has 0 aromatic carbocycles. The van der Waals surface area contributed by atoms with E-state index in [4.69, 9.17) is 0 Å². The number of aromatic nitrogens is 2. The van der Waals surface area contributed by atoms with Gasteiger partial charge in [0.15, 0.2) is 0 Å². The van der Waals surface area contributed by atoms with Gasteiger partial charge in [-0.25, -0.2) is 0 Å². The molecule has 0 unspecified atom stereocenters. The molecule has 0 bridgehead atoms. The molecule has 1 aliphatic carbocycles. The Bertz CT molecular complexity index is 407. The van der Waals surface area contributed by atoms with Gasteiger partial charge in [0, 0.05) is 31.7 Å². The number of nitrogens with zero attached hydrogens (tertiary/aromatic N) is 2. The van der Waals surface area contributed by atoms with Crippen molar-refractivity contribution in [1.82, 2.24) is 20.4 Å². The maximum Gasteiger partial charge on any atom is 0.217 e. The van der Waals surface area contributed by atoms with E-state index in [2.05, 4.69) is 28.9 Å². The molecular weight excluding hydrogens is 240 g/mol. The fraction of sp³-hybridized carbons (Fsp3) is 0.714. The van der Waals surface area contributed by atoms with Gasteiger partial charge in [0.1, 0.15) is 0 Å². The first-order valence-corrected chi connectivity index (χ1v) is 7.13. The summed E-state index contributed by atoms with van der Waals surface area (Å²) in [6, 6.07) is 0.964. The second-order valence-electron chi connectivity index (χ2n) is 5.48. The van der Waals surface area contributed by atoms with Gasteiger partial charge in [-0.2, -0.15) is 5.10 Å². The van der Waals surface area contributed by atoms with Crippen LogP contribution in [-0.4, -0.2) is 34.3 Å². The molecule has 5 heteroatoms. The van der Waals surface area contributed by atoms with Crippen LogP contribution in [0.1, 0.15) is 38.2 Å². The molecule has 1 amide bonds. The van der Waals surface area contributed by atoms with Crippen molar-refractivity contribution in [3.8, 4) is 0 Å². The summed E-state index contributed by atoms with van der Waals surface area (Å²) >= 11 is 0. The highest BCUT2D eigenvalue weighted by Crippen LogP contribution is 2.18. The zero-order chi connectivity index (χ0) is 13.7. The van der Waals surface area contributed by atoms with Crippen molar-refractivity contribution >= 4 is 5.91 Å². The Labute approximate surface area is 114 Å². The predicted octanol–water partition coefficient (Wildman–Crippen LogP) is 1.23. The monoisotopic (exact) mass is 264 g/mol. The summed E-state index contributed by atoms with van der Waals surface area (Å²) < 4.78 is 1.98. The minimum absolute atomic E-state index is 0.0884. The van der Waals surface area contributed by atoms with E-state index in [9.17, 15) is 4.79 Å². The van der Waals surface area contributed by atoms with Crippen molar-refractivity contribution in [1.29, 1.82) is 0 Å². The highest BCUT2D eigenvalue weighted by atomic mass is 16.1. The van der Waals surface area contributed by atoms with Crippen LogP contribution in [0.3, 0.4) is 0 Å². The lowest BCUT2D eigenvalue weighted by Crippen LogP contribution is -2.42. The Balaban J connectivity index is 1.62. The van der Waals surface area contributed by atoms with Gasteiger partial charge in [-0.1, -0.05) is 0 Å². The standard InChI is InChI=1S/C14H24N4O/c1-11-9-16-18(10-11)8-7-15-13-3-5-14(6-4-13)17-12(2)19/h9-10,13-15H,3-8H2,1-2H3,(H,17,19). The Morgan fingerprint density at radius 3 is 2.63 bits per heavy atom. The summed E-state index contributed by atoms with van der Waals surface area (Å²) in [5, 5.41) is 10.9. The second-order valence-corrected chi connectivity index (χ2v) is 5.48. The number of nitrogens with one attached hydrogen (secondary N) is 2. The minimum atomic E-state index is 0.0884. The van der Waals surface area contributed by atoms with Gasteiger partial charge in [-0.05, 0) is 38.2 Å². The fourth-order valence-corrected chi connectivity index (χ4v) is 2.70. The Morgan fingerprint density at radius 1 is 1.37 bits per heavy atom. The summed E-state index contributed by atoms with van der Waals surface area (Å²) in [7, 11) is 0. The summed E-state index contributed by atoms with van der Waals surface area (Å²) in [4.78, 5) is 11.0. The number of amides is 1. The molecular formula is C14H24N4O. The average Bonchev–Trinajstić information content (AvgIpc) is 2.77. The Morgan fingerprint density at radius 2 is 2.05 bits per heavy atom. The van der Waals surface area contributed by atoms with E-state index >= 15 is 0 Å². The smallest absolute Gasteiger partial charge is 0.217 e. The molecule has 1 fully saturated rings. The van der Waals surface area contributed by atoms with Crippen LogP contribution in [0.4, 0.5) is 0 Å². The first-order chi connectivity index (χ1) is 9.13. The van der Waals surface area contributed by atoms with Gasteiger partial charge in [-0.3, -0.25) is 9.48 Å². The third-order valence-corrected chi connectivity index (χ3v) is 3.67. The first kappa shape index (κ1) is 14.1. The highest BCUT2D eigenvalue weighted by Gasteiger charge is 2.20. The Kier molecular flexibility index (Phi) is 4.96. The van der Waals surface area contributed by atoms with Crippen molar-refractivity contribution in [2.24, 2.45) is 0 Å². The van der Waals surface area contributed by atoms with Gasteiger partial charge in [0.05, 0.1) is 12.7 Å². The van der Waals surface area contributed by atoms with Crippen LogP contribution < -0.4 is 10.6 Å². The molecule has 1 saturated carbocycles. The van der Waals surface area contributed by atoms with E-state index in [0.29, 0.717) is 12.1 Å². The van der Waals surface area contributed by atoms with Crippen LogP contribution in [0.2, 0.25) is 0 Å². The zero-order valence-electron chi connectivity index (χ0n) is 11.9. The third kappa shape index (κ3) is 4.67. The lowest BCUT2D eigenvalue weighted by molar-refractivity contribution is -0.119. The molecule has 0 radical (unpaired) electrons. The molecule has 0 aliphatic heterocycles. The maximum absolute atomic E-state index is 11.0. The molecule has 1 aromatic rings. The SMILES string of the molecule is CC(=O)NC1CCC(NCCn2cc(C)cn2)CC1. The molecule has 0 saturated heterocycles. The normalized spacial score (nSPS) is 23.3. The number of carbonyl (C=O) groups is 1. The van der Waals surface area contributed by atoms with Crippen LogP contribution in [-0.2, 0) is 11.3 Å². The van der Waals surface area contributed by atoms with Crippen molar-refractivity contribution in [3.05, 3.63) is 18.0 Å². The number of rotatable bonds is 5. The number of hydrogen-bond donors (Lipinski definition) is 2. The average molecular weight is 264 g/mol. The van der Waals surface area contributed by atoms with Gasteiger partial charge < -0.3 is 10.6 Å². The maximum atomic E-state index is 11.0. The fourth-order valence-electron chi connectivity index (χ4n) is 2.70. The van der Waals surface area contributed by atoms with E-state index in [1.165, 1.54) is 5.56 Å². The molecule has 1 heterocycles. The first-order valence-electron chi connectivity index (χ1n) is 7.13. The number of aryl methyl sites for hydroxylation is 1. The topological polar surface area (TPSA) is 59.0 Å². The van der Waals surface area contributed by atoms with Gasteiger partial charge >= 0.3 is 0 Å². The zero-order valence-corrected chi connectivity index (χ0v) is 11.9. The lowest BCUT2D eigenvalue weighted by Gasteiger charge is -2.29. The molecule has 2 N–H and O–H groups in total. The van der Waals surface area contributed by atoms with Gasteiger partial charge in [0.2, 0.25) is 5.91 Å². The predicted molar refractivity (Wildman–Crippen MR) is 74.8 cm³/mol. The molecule has 2 rings (SSSR count). The van der Waals surface area contributed by atoms with Gasteiger partial charge in [-0.15, -0.1) is 0 Å². The number of hydrogen-bond acceptors (Lipinski definition) is 3. The van der Waals surface area contributed by atoms with E-state index < -0.39 is 0 Å². The van der Waals surface area contributed by atoms with Crippen molar-refractivity contribution in [2.75, 3.05) is 6.54 Å². The van der Waals surface area contributed by atoms with Crippen LogP contribution in [0.15, 0.2) is 12.4 Å². The summed E-state index contributed by atoms with van der Waals surface area (Å²) in [6.07, 6.45) is 8.40. The summed E-state index contributed by atoms with van der Waals surface area (Å²) in [6.45, 7) is 5.52. The van der Waals surface area contributed by atoms with Crippen LogP contribution >= 0.6 is 0 Å². The number of carbonyl (C=O) groups excluding carboxylic acids is 1. The van der Waals surface area contributed by atoms with Crippen LogP contribution in [0, 0.1) is 6.92 Å². The quantitative estimate of drug-likeness (QED) is 0.841. The van der Waals surface area contributed by atoms with E-state index in [1.54, 1.807) is 6.92 Å². The van der Waals surface area contributed by atoms with Gasteiger partial charge in [0.25, 0.3) is 0 Å². The Hall–Kier alpha value is -1.36. The van der Waals surface area contributed by atoms with Crippen molar-refractivity contribution in [3.63, 3.8) is 0 Å². The second kappa shape index (κ2) is 6.70. The molecule has 0 spiro atoms. The molecule has 106 valence electrons. The molecule has 19 heavy (non-hydrogen) atoms. The summed E-state index contributed by atoms with van der Waals surface area (Å²) in [5.41, 5.74) is 1.20. The molecule has 0 atom stereocenters. The van der Waals surface area contributed by atoms with E-state index in [1.807, 2.05) is 10.9 Å². The molecule has 5 nitrogen and oxygen atoms in total. The van der Waals surface area contributed by atoms with Crippen LogP contribution in [0.25, 0.3) is 0 Å². The van der Waals surface area contributed by atoms with Crippen LogP contribution in [0.5, 0.6) is 0 Å². The molecule has 1 aromatic heterocycles.